The van der Waals surface area contributed by atoms with Gasteiger partial charge in [0.05, 0.1) is 11.9 Å². The lowest BCUT2D eigenvalue weighted by Crippen LogP contribution is -2.35. The second-order valence-electron chi connectivity index (χ2n) is 5.63. The lowest BCUT2D eigenvalue weighted by Gasteiger charge is -2.24. The van der Waals surface area contributed by atoms with Crippen molar-refractivity contribution in [2.45, 2.75) is 26.4 Å². The van der Waals surface area contributed by atoms with Crippen LogP contribution in [0, 0.1) is 6.92 Å². The van der Waals surface area contributed by atoms with Crippen molar-refractivity contribution in [1.29, 1.82) is 0 Å². The Morgan fingerprint density at radius 1 is 1.10 bits per heavy atom. The average Bonchev–Trinajstić information content (AvgIpc) is 2.71. The maximum atomic E-state index is 11.7. The van der Waals surface area contributed by atoms with Crippen molar-refractivity contribution < 1.29 is 8.42 Å². The summed E-state index contributed by atoms with van der Waals surface area (Å²) in [6.45, 7) is 6.09. The molecular formula is C13H21N5O2S. The smallest absolute Gasteiger partial charge is 0.211 e. The zero-order chi connectivity index (χ0) is 15.0. The van der Waals surface area contributed by atoms with Gasteiger partial charge in [0.1, 0.15) is 11.6 Å². The molecule has 21 heavy (non-hydrogen) atoms. The first-order valence-corrected chi connectivity index (χ1v) is 9.07. The molecule has 2 aliphatic heterocycles. The van der Waals surface area contributed by atoms with Gasteiger partial charge in [0.15, 0.2) is 0 Å². The number of nitrogens with zero attached hydrogens (tertiary/aromatic N) is 4. The third-order valence-electron chi connectivity index (χ3n) is 4.00. The average molecular weight is 311 g/mol. The van der Waals surface area contributed by atoms with E-state index >= 15 is 0 Å². The van der Waals surface area contributed by atoms with Gasteiger partial charge in [0.2, 0.25) is 10.0 Å². The summed E-state index contributed by atoms with van der Waals surface area (Å²) < 4.78 is 24.9. The third-order valence-corrected chi connectivity index (χ3v) is 5.30. The van der Waals surface area contributed by atoms with E-state index in [1.54, 1.807) is 4.31 Å². The molecule has 1 N–H and O–H groups in total. The number of nitrogens with one attached hydrogen (secondary N) is 1. The summed E-state index contributed by atoms with van der Waals surface area (Å²) in [5.41, 5.74) is 2.23. The molecule has 2 aliphatic rings. The fourth-order valence-corrected chi connectivity index (χ4v) is 3.84. The summed E-state index contributed by atoms with van der Waals surface area (Å²) in [6, 6.07) is 0. The fraction of sp³-hybridized carbons (Fsp3) is 0.692. The first-order valence-electron chi connectivity index (χ1n) is 7.22. The van der Waals surface area contributed by atoms with E-state index in [0.717, 1.165) is 49.0 Å². The largest absolute Gasteiger partial charge is 0.355 e. The third kappa shape index (κ3) is 3.02. The van der Waals surface area contributed by atoms with Crippen LogP contribution in [0.1, 0.15) is 23.5 Å². The number of sulfonamides is 1. The van der Waals surface area contributed by atoms with E-state index in [9.17, 15) is 8.42 Å². The van der Waals surface area contributed by atoms with Crippen molar-refractivity contribution in [1.82, 2.24) is 19.6 Å². The van der Waals surface area contributed by atoms with E-state index in [-0.39, 0.29) is 0 Å². The van der Waals surface area contributed by atoms with E-state index < -0.39 is 10.0 Å². The van der Waals surface area contributed by atoms with Crippen LogP contribution in [0.15, 0.2) is 0 Å². The Morgan fingerprint density at radius 2 is 1.90 bits per heavy atom. The number of rotatable bonds is 2. The highest BCUT2D eigenvalue weighted by atomic mass is 32.2. The highest BCUT2D eigenvalue weighted by Crippen LogP contribution is 2.25. The minimum atomic E-state index is -3.11. The Morgan fingerprint density at radius 3 is 2.67 bits per heavy atom. The van der Waals surface area contributed by atoms with E-state index in [1.807, 2.05) is 6.92 Å². The van der Waals surface area contributed by atoms with Crippen LogP contribution in [0.5, 0.6) is 0 Å². The van der Waals surface area contributed by atoms with Gasteiger partial charge < -0.3 is 10.2 Å². The summed E-state index contributed by atoms with van der Waals surface area (Å²) in [5.74, 6) is 1.74. The normalized spacial score (nSPS) is 20.4. The molecule has 1 saturated heterocycles. The number of aromatic nitrogens is 2. The molecule has 0 amide bonds. The summed E-state index contributed by atoms with van der Waals surface area (Å²) in [5, 5.41) is 3.31. The second kappa shape index (κ2) is 5.51. The van der Waals surface area contributed by atoms with E-state index in [4.69, 9.17) is 0 Å². The Hall–Kier alpha value is -1.25. The van der Waals surface area contributed by atoms with Gasteiger partial charge in [-0.1, -0.05) is 0 Å². The SMILES string of the molecule is Cc1nc2c(c(N3CCCN(S(C)(=O)=O)CC3)n1)CNC2. The minimum Gasteiger partial charge on any atom is -0.355 e. The molecule has 1 fully saturated rings. The molecule has 0 spiro atoms. The van der Waals surface area contributed by atoms with Gasteiger partial charge in [-0.15, -0.1) is 0 Å². The van der Waals surface area contributed by atoms with Crippen LogP contribution in [0.2, 0.25) is 0 Å². The van der Waals surface area contributed by atoms with E-state index in [2.05, 4.69) is 20.2 Å². The fourth-order valence-electron chi connectivity index (χ4n) is 2.97. The Balaban J connectivity index is 1.85. The zero-order valence-electron chi connectivity index (χ0n) is 12.5. The Labute approximate surface area is 125 Å². The van der Waals surface area contributed by atoms with E-state index in [1.165, 1.54) is 6.26 Å². The lowest BCUT2D eigenvalue weighted by atomic mass is 10.2. The van der Waals surface area contributed by atoms with Gasteiger partial charge in [-0.3, -0.25) is 0 Å². The van der Waals surface area contributed by atoms with Crippen molar-refractivity contribution in [3.05, 3.63) is 17.1 Å². The van der Waals surface area contributed by atoms with Crippen LogP contribution in [-0.4, -0.2) is 55.1 Å². The summed E-state index contributed by atoms with van der Waals surface area (Å²) in [6.07, 6.45) is 2.09. The summed E-state index contributed by atoms with van der Waals surface area (Å²) in [4.78, 5) is 11.3. The molecule has 0 atom stereocenters. The van der Waals surface area contributed by atoms with Crippen LogP contribution < -0.4 is 10.2 Å². The molecule has 8 heteroatoms. The lowest BCUT2D eigenvalue weighted by molar-refractivity contribution is 0.437. The Kier molecular flexibility index (Phi) is 3.85. The molecule has 1 aromatic rings. The minimum absolute atomic E-state index is 0.518. The van der Waals surface area contributed by atoms with Crippen LogP contribution in [0.25, 0.3) is 0 Å². The molecule has 116 valence electrons. The molecule has 0 bridgehead atoms. The van der Waals surface area contributed by atoms with Crippen molar-refractivity contribution >= 4 is 15.8 Å². The Bertz CT molecular complexity index is 646. The first-order chi connectivity index (χ1) is 9.95. The molecular weight excluding hydrogens is 290 g/mol. The summed E-state index contributed by atoms with van der Waals surface area (Å²) >= 11 is 0. The molecule has 1 aromatic heterocycles. The molecule has 0 aromatic carbocycles. The number of aryl methyl sites for hydroxylation is 1. The van der Waals surface area contributed by atoms with Crippen LogP contribution in [0.4, 0.5) is 5.82 Å². The number of hydrogen-bond acceptors (Lipinski definition) is 6. The maximum absolute atomic E-state index is 11.7. The van der Waals surface area contributed by atoms with Gasteiger partial charge in [0.25, 0.3) is 0 Å². The van der Waals surface area contributed by atoms with Gasteiger partial charge in [0, 0.05) is 44.8 Å². The standard InChI is InChI=1S/C13H21N5O2S/c1-10-15-12-9-14-8-11(12)13(16-10)17-4-3-5-18(7-6-17)21(2,19)20/h14H,3-9H2,1-2H3. The highest BCUT2D eigenvalue weighted by Gasteiger charge is 2.26. The summed E-state index contributed by atoms with van der Waals surface area (Å²) in [7, 11) is -3.11. The van der Waals surface area contributed by atoms with Crippen molar-refractivity contribution in [3.8, 4) is 0 Å². The van der Waals surface area contributed by atoms with Gasteiger partial charge in [-0.05, 0) is 13.3 Å². The molecule has 0 unspecified atom stereocenters. The monoisotopic (exact) mass is 311 g/mol. The van der Waals surface area contributed by atoms with Crippen LogP contribution in [-0.2, 0) is 23.1 Å². The molecule has 0 saturated carbocycles. The first kappa shape index (κ1) is 14.7. The highest BCUT2D eigenvalue weighted by molar-refractivity contribution is 7.88. The topological polar surface area (TPSA) is 78.4 Å². The number of fused-ring (bicyclic) bond motifs is 1. The quantitative estimate of drug-likeness (QED) is 0.819. The number of hydrogen-bond donors (Lipinski definition) is 1. The van der Waals surface area contributed by atoms with Crippen LogP contribution >= 0.6 is 0 Å². The molecule has 0 radical (unpaired) electrons. The predicted molar refractivity (Wildman–Crippen MR) is 80.6 cm³/mol. The van der Waals surface area contributed by atoms with Crippen molar-refractivity contribution in [3.63, 3.8) is 0 Å². The maximum Gasteiger partial charge on any atom is 0.211 e. The molecule has 3 rings (SSSR count). The van der Waals surface area contributed by atoms with Crippen molar-refractivity contribution in [2.24, 2.45) is 0 Å². The number of anilines is 1. The van der Waals surface area contributed by atoms with Gasteiger partial charge in [-0.25, -0.2) is 22.7 Å². The van der Waals surface area contributed by atoms with E-state index in [0.29, 0.717) is 19.6 Å². The van der Waals surface area contributed by atoms with Gasteiger partial charge >= 0.3 is 0 Å². The predicted octanol–water partition coefficient (Wildman–Crippen LogP) is -0.140. The van der Waals surface area contributed by atoms with Crippen molar-refractivity contribution in [2.75, 3.05) is 37.3 Å². The second-order valence-corrected chi connectivity index (χ2v) is 7.61. The molecule has 0 aliphatic carbocycles. The van der Waals surface area contributed by atoms with Crippen LogP contribution in [0.3, 0.4) is 0 Å². The van der Waals surface area contributed by atoms with Gasteiger partial charge in [-0.2, -0.15) is 0 Å². The zero-order valence-corrected chi connectivity index (χ0v) is 13.3. The molecule has 7 nitrogen and oxygen atoms in total. The molecule has 3 heterocycles.